The lowest BCUT2D eigenvalue weighted by Gasteiger charge is -2.39. The molecule has 1 heterocycles. The molecule has 0 aliphatic carbocycles. The van der Waals surface area contributed by atoms with Crippen LogP contribution in [-0.2, 0) is 4.43 Å². The van der Waals surface area contributed by atoms with Crippen LogP contribution in [-0.4, -0.2) is 39.0 Å². The molecular weight excluding hydrogens is 226 g/mol. The fraction of sp³-hybridized carbons (Fsp3) is 1.00. The fourth-order valence-electron chi connectivity index (χ4n) is 2.39. The third-order valence-corrected chi connectivity index (χ3v) is 9.18. The number of likely N-dealkylation sites (tertiary alicyclic amines) is 1. The van der Waals surface area contributed by atoms with Crippen molar-refractivity contribution in [1.29, 1.82) is 0 Å². The molecule has 1 aliphatic rings. The molecule has 0 N–H and O–H groups in total. The topological polar surface area (TPSA) is 12.5 Å². The summed E-state index contributed by atoms with van der Waals surface area (Å²) in [5.41, 5.74) is 0. The van der Waals surface area contributed by atoms with E-state index in [-0.39, 0.29) is 0 Å². The molecule has 17 heavy (non-hydrogen) atoms. The Kier molecular flexibility index (Phi) is 4.84. The predicted molar refractivity (Wildman–Crippen MR) is 78.0 cm³/mol. The Labute approximate surface area is 109 Å². The quantitative estimate of drug-likeness (QED) is 0.709. The number of hydrogen-bond donors (Lipinski definition) is 0. The summed E-state index contributed by atoms with van der Waals surface area (Å²) >= 11 is 0. The van der Waals surface area contributed by atoms with E-state index in [1.54, 1.807) is 0 Å². The van der Waals surface area contributed by atoms with Crippen LogP contribution in [0.15, 0.2) is 0 Å². The Bertz CT molecular complexity index is 247. The third kappa shape index (κ3) is 4.07. The second-order valence-corrected chi connectivity index (χ2v) is 12.0. The zero-order chi connectivity index (χ0) is 13.3. The molecule has 0 amide bonds. The molecule has 1 aliphatic heterocycles. The minimum atomic E-state index is -1.58. The second-order valence-electron chi connectivity index (χ2n) is 7.20. The Morgan fingerprint density at radius 3 is 2.35 bits per heavy atom. The molecule has 1 rings (SSSR count). The first-order valence-electron chi connectivity index (χ1n) is 7.01. The van der Waals surface area contributed by atoms with Crippen molar-refractivity contribution in [3.63, 3.8) is 0 Å². The molecule has 0 aromatic carbocycles. The van der Waals surface area contributed by atoms with Crippen molar-refractivity contribution in [2.45, 2.75) is 77.2 Å². The summed E-state index contributed by atoms with van der Waals surface area (Å²) in [6.45, 7) is 15.2. The van der Waals surface area contributed by atoms with E-state index in [1.165, 1.54) is 25.8 Å². The van der Waals surface area contributed by atoms with E-state index >= 15 is 0 Å². The molecule has 0 radical (unpaired) electrons. The molecule has 2 atom stereocenters. The van der Waals surface area contributed by atoms with Crippen molar-refractivity contribution in [3.8, 4) is 0 Å². The van der Waals surface area contributed by atoms with Crippen molar-refractivity contribution in [3.05, 3.63) is 0 Å². The SMILES string of the molecule is C[C@@H](C[C@H]1CCCN1C)O[Si](C)(C)C(C)(C)C. The summed E-state index contributed by atoms with van der Waals surface area (Å²) < 4.78 is 6.42. The van der Waals surface area contributed by atoms with Crippen molar-refractivity contribution < 1.29 is 4.43 Å². The number of rotatable bonds is 4. The maximum Gasteiger partial charge on any atom is 0.192 e. The molecule has 0 unspecified atom stereocenters. The van der Waals surface area contributed by atoms with Gasteiger partial charge in [-0.3, -0.25) is 0 Å². The third-order valence-electron chi connectivity index (χ3n) is 4.58. The monoisotopic (exact) mass is 257 g/mol. The lowest BCUT2D eigenvalue weighted by molar-refractivity contribution is 0.150. The summed E-state index contributed by atoms with van der Waals surface area (Å²) in [7, 11) is 0.666. The summed E-state index contributed by atoms with van der Waals surface area (Å²) in [5.74, 6) is 0. The molecule has 3 heteroatoms. The Morgan fingerprint density at radius 2 is 1.94 bits per heavy atom. The van der Waals surface area contributed by atoms with E-state index < -0.39 is 8.32 Å². The van der Waals surface area contributed by atoms with E-state index in [9.17, 15) is 0 Å². The van der Waals surface area contributed by atoms with Crippen LogP contribution in [0.3, 0.4) is 0 Å². The first-order chi connectivity index (χ1) is 7.63. The zero-order valence-corrected chi connectivity index (χ0v) is 13.8. The average molecular weight is 257 g/mol. The molecule has 0 aromatic rings. The maximum atomic E-state index is 6.42. The van der Waals surface area contributed by atoms with Gasteiger partial charge < -0.3 is 9.33 Å². The highest BCUT2D eigenvalue weighted by molar-refractivity contribution is 6.74. The summed E-state index contributed by atoms with van der Waals surface area (Å²) in [5, 5.41) is 0.322. The van der Waals surface area contributed by atoms with Gasteiger partial charge in [-0.25, -0.2) is 0 Å². The Balaban J connectivity index is 2.46. The minimum absolute atomic E-state index is 0.322. The van der Waals surface area contributed by atoms with Crippen LogP contribution in [0.2, 0.25) is 18.1 Å². The number of hydrogen-bond acceptors (Lipinski definition) is 2. The van der Waals surface area contributed by atoms with E-state index in [1.807, 2.05) is 0 Å². The highest BCUT2D eigenvalue weighted by Crippen LogP contribution is 2.38. The van der Waals surface area contributed by atoms with E-state index in [2.05, 4.69) is 52.7 Å². The Morgan fingerprint density at radius 1 is 1.35 bits per heavy atom. The molecule has 2 nitrogen and oxygen atoms in total. The van der Waals surface area contributed by atoms with Crippen LogP contribution < -0.4 is 0 Å². The largest absolute Gasteiger partial charge is 0.414 e. The molecule has 0 saturated carbocycles. The normalized spacial score (nSPS) is 25.2. The molecule has 0 aromatic heterocycles. The first kappa shape index (κ1) is 15.2. The molecule has 1 fully saturated rings. The van der Waals surface area contributed by atoms with Gasteiger partial charge in [0.25, 0.3) is 0 Å². The van der Waals surface area contributed by atoms with Gasteiger partial charge in [-0.1, -0.05) is 20.8 Å². The van der Waals surface area contributed by atoms with E-state index in [0.717, 1.165) is 6.04 Å². The minimum Gasteiger partial charge on any atom is -0.414 e. The van der Waals surface area contributed by atoms with Crippen molar-refractivity contribution in [2.75, 3.05) is 13.6 Å². The predicted octanol–water partition coefficient (Wildman–Crippen LogP) is 3.88. The molecule has 0 bridgehead atoms. The van der Waals surface area contributed by atoms with Crippen LogP contribution in [0.4, 0.5) is 0 Å². The summed E-state index contributed by atoms with van der Waals surface area (Å²) in [4.78, 5) is 2.49. The van der Waals surface area contributed by atoms with Crippen molar-refractivity contribution in [2.24, 2.45) is 0 Å². The van der Waals surface area contributed by atoms with Crippen LogP contribution in [0.5, 0.6) is 0 Å². The average Bonchev–Trinajstić information content (AvgIpc) is 2.48. The molecule has 0 spiro atoms. The second kappa shape index (κ2) is 5.41. The van der Waals surface area contributed by atoms with Crippen molar-refractivity contribution >= 4 is 8.32 Å². The van der Waals surface area contributed by atoms with Gasteiger partial charge in [0.15, 0.2) is 8.32 Å². The summed E-state index contributed by atoms with van der Waals surface area (Å²) in [6.07, 6.45) is 4.31. The number of nitrogens with zero attached hydrogens (tertiary/aromatic N) is 1. The van der Waals surface area contributed by atoms with Crippen molar-refractivity contribution in [1.82, 2.24) is 4.90 Å². The van der Waals surface area contributed by atoms with E-state index in [4.69, 9.17) is 4.43 Å². The van der Waals surface area contributed by atoms with Crippen LogP contribution >= 0.6 is 0 Å². The molecule has 102 valence electrons. The van der Waals surface area contributed by atoms with Gasteiger partial charge in [0.2, 0.25) is 0 Å². The fourth-order valence-corrected chi connectivity index (χ4v) is 3.84. The molecular formula is C14H31NOSi. The van der Waals surface area contributed by atoms with Crippen LogP contribution in [0, 0.1) is 0 Å². The van der Waals surface area contributed by atoms with Gasteiger partial charge >= 0.3 is 0 Å². The van der Waals surface area contributed by atoms with Gasteiger partial charge in [-0.2, -0.15) is 0 Å². The van der Waals surface area contributed by atoms with Gasteiger partial charge in [-0.15, -0.1) is 0 Å². The summed E-state index contributed by atoms with van der Waals surface area (Å²) in [6, 6.07) is 0.745. The first-order valence-corrected chi connectivity index (χ1v) is 9.92. The zero-order valence-electron chi connectivity index (χ0n) is 12.8. The molecule has 1 saturated heterocycles. The van der Waals surface area contributed by atoms with Gasteiger partial charge in [-0.05, 0) is 57.9 Å². The highest BCUT2D eigenvalue weighted by Gasteiger charge is 2.39. The van der Waals surface area contributed by atoms with Gasteiger partial charge in [0, 0.05) is 12.1 Å². The highest BCUT2D eigenvalue weighted by atomic mass is 28.4. The Hall–Kier alpha value is 0.137. The lowest BCUT2D eigenvalue weighted by atomic mass is 10.1. The van der Waals surface area contributed by atoms with Gasteiger partial charge in [0.05, 0.1) is 0 Å². The maximum absolute atomic E-state index is 6.42. The smallest absolute Gasteiger partial charge is 0.192 e. The lowest BCUT2D eigenvalue weighted by Crippen LogP contribution is -2.44. The standard InChI is InChI=1S/C14H31NOSi/c1-12(11-13-9-8-10-15(13)5)16-17(6,7)14(2,3)4/h12-13H,8-11H2,1-7H3/t12-,13+/m0/s1. The van der Waals surface area contributed by atoms with E-state index in [0.29, 0.717) is 11.1 Å². The van der Waals surface area contributed by atoms with Gasteiger partial charge in [0.1, 0.15) is 0 Å². The van der Waals surface area contributed by atoms with Crippen LogP contribution in [0.25, 0.3) is 0 Å². The van der Waals surface area contributed by atoms with Crippen LogP contribution in [0.1, 0.15) is 47.0 Å².